The standard InChI is InChI=1S/C7H11IO3/c1-7(2,3)11-6(10)4-5(8)9/h4H2,1-3H3. The molecule has 3 nitrogen and oxygen atoms in total. The second-order valence-corrected chi connectivity index (χ2v) is 4.32. The quantitative estimate of drug-likeness (QED) is 0.332. The SMILES string of the molecule is CC(C)(C)OC(=O)CC(=O)I. The lowest BCUT2D eigenvalue weighted by molar-refractivity contribution is -0.155. The van der Waals surface area contributed by atoms with Gasteiger partial charge in [-0.25, -0.2) is 0 Å². The monoisotopic (exact) mass is 270 g/mol. The van der Waals surface area contributed by atoms with E-state index in [9.17, 15) is 9.59 Å². The van der Waals surface area contributed by atoms with E-state index in [2.05, 4.69) is 0 Å². The molecule has 0 atom stereocenters. The molecule has 0 aliphatic heterocycles. The highest BCUT2D eigenvalue weighted by Gasteiger charge is 2.17. The third-order valence-electron chi connectivity index (χ3n) is 0.703. The van der Waals surface area contributed by atoms with E-state index >= 15 is 0 Å². The predicted molar refractivity (Wildman–Crippen MR) is 49.5 cm³/mol. The highest BCUT2D eigenvalue weighted by atomic mass is 127. The largest absolute Gasteiger partial charge is 0.460 e. The normalized spacial score (nSPS) is 10.9. The van der Waals surface area contributed by atoms with Crippen LogP contribution in [0.1, 0.15) is 27.2 Å². The number of carbonyl (C=O) groups excluding carboxylic acids is 2. The summed E-state index contributed by atoms with van der Waals surface area (Å²) in [5.74, 6) is -0.461. The fourth-order valence-electron chi connectivity index (χ4n) is 0.491. The molecule has 0 spiro atoms. The Morgan fingerprint density at radius 2 is 1.82 bits per heavy atom. The Labute approximate surface area is 79.6 Å². The van der Waals surface area contributed by atoms with Crippen LogP contribution in [0.15, 0.2) is 0 Å². The molecule has 4 heteroatoms. The molecule has 0 aromatic rings. The second-order valence-electron chi connectivity index (χ2n) is 3.12. The van der Waals surface area contributed by atoms with Crippen LogP contribution in [0.5, 0.6) is 0 Å². The molecule has 0 saturated heterocycles. The fraction of sp³-hybridized carbons (Fsp3) is 0.714. The minimum Gasteiger partial charge on any atom is -0.460 e. The third-order valence-corrected chi connectivity index (χ3v) is 1.08. The van der Waals surface area contributed by atoms with Crippen LogP contribution in [0.25, 0.3) is 0 Å². The zero-order chi connectivity index (χ0) is 9.07. The van der Waals surface area contributed by atoms with Gasteiger partial charge in [0.15, 0.2) is 0 Å². The lowest BCUT2D eigenvalue weighted by Gasteiger charge is -2.18. The van der Waals surface area contributed by atoms with E-state index in [1.807, 2.05) is 0 Å². The van der Waals surface area contributed by atoms with Crippen LogP contribution in [-0.2, 0) is 14.3 Å². The van der Waals surface area contributed by atoms with Crippen LogP contribution >= 0.6 is 22.6 Å². The maximum absolute atomic E-state index is 10.8. The molecule has 0 aromatic carbocycles. The summed E-state index contributed by atoms with van der Waals surface area (Å²) in [5, 5.41) is 0. The van der Waals surface area contributed by atoms with Gasteiger partial charge in [0.25, 0.3) is 0 Å². The van der Waals surface area contributed by atoms with Gasteiger partial charge in [0.05, 0.1) is 0 Å². The van der Waals surface area contributed by atoms with E-state index in [-0.39, 0.29) is 10.2 Å². The zero-order valence-corrected chi connectivity index (χ0v) is 8.97. The second kappa shape index (κ2) is 4.04. The summed E-state index contributed by atoms with van der Waals surface area (Å²) in [6.07, 6.45) is -0.141. The van der Waals surface area contributed by atoms with Gasteiger partial charge in [0.1, 0.15) is 12.0 Å². The van der Waals surface area contributed by atoms with Crippen molar-refractivity contribution in [2.24, 2.45) is 0 Å². The Kier molecular flexibility index (Phi) is 3.99. The summed E-state index contributed by atoms with van der Waals surface area (Å²) in [6, 6.07) is 0. The molecule has 0 fully saturated rings. The van der Waals surface area contributed by atoms with E-state index in [0.717, 1.165) is 0 Å². The molecular weight excluding hydrogens is 259 g/mol. The van der Waals surface area contributed by atoms with Crippen LogP contribution < -0.4 is 0 Å². The average molecular weight is 270 g/mol. The van der Waals surface area contributed by atoms with E-state index in [4.69, 9.17) is 4.74 Å². The number of esters is 1. The average Bonchev–Trinajstić information content (AvgIpc) is 1.53. The van der Waals surface area contributed by atoms with Gasteiger partial charge in [-0.3, -0.25) is 9.59 Å². The molecule has 64 valence electrons. The summed E-state index contributed by atoms with van der Waals surface area (Å²) in [6.45, 7) is 5.30. The number of rotatable bonds is 2. The lowest BCUT2D eigenvalue weighted by Crippen LogP contribution is -2.24. The molecule has 0 saturated carbocycles. The van der Waals surface area contributed by atoms with Crippen molar-refractivity contribution < 1.29 is 14.3 Å². The van der Waals surface area contributed by atoms with Gasteiger partial charge in [-0.1, -0.05) is 0 Å². The number of carbonyl (C=O) groups is 2. The maximum atomic E-state index is 10.8. The van der Waals surface area contributed by atoms with Gasteiger partial charge < -0.3 is 4.74 Å². The van der Waals surface area contributed by atoms with Crippen LogP contribution in [-0.4, -0.2) is 15.4 Å². The number of hydrogen-bond acceptors (Lipinski definition) is 3. The van der Waals surface area contributed by atoms with Crippen LogP contribution in [0.3, 0.4) is 0 Å². The highest BCUT2D eigenvalue weighted by molar-refractivity contribution is 14.1. The fourth-order valence-corrected chi connectivity index (χ4v) is 0.802. The molecule has 0 amide bonds. The predicted octanol–water partition coefficient (Wildman–Crippen LogP) is 1.68. The summed E-state index contributed by atoms with van der Waals surface area (Å²) in [7, 11) is 0. The molecule has 0 N–H and O–H groups in total. The Hall–Kier alpha value is -0.130. The van der Waals surface area contributed by atoms with Gasteiger partial charge in [0.2, 0.25) is 3.79 Å². The first kappa shape index (κ1) is 10.9. The van der Waals surface area contributed by atoms with Crippen molar-refractivity contribution in [2.45, 2.75) is 32.8 Å². The molecule has 0 aromatic heterocycles. The van der Waals surface area contributed by atoms with Gasteiger partial charge in [0, 0.05) is 22.6 Å². The summed E-state index contributed by atoms with van der Waals surface area (Å²) < 4.78 is 4.69. The summed E-state index contributed by atoms with van der Waals surface area (Å²) in [4.78, 5) is 21.2. The van der Waals surface area contributed by atoms with Crippen LogP contribution in [0, 0.1) is 0 Å². The van der Waals surface area contributed by atoms with Crippen molar-refractivity contribution in [1.29, 1.82) is 0 Å². The molecule has 0 heterocycles. The van der Waals surface area contributed by atoms with E-state index in [1.165, 1.54) is 0 Å². The maximum Gasteiger partial charge on any atom is 0.314 e. The summed E-state index contributed by atoms with van der Waals surface area (Å²) >= 11 is 1.57. The Morgan fingerprint density at radius 1 is 1.36 bits per heavy atom. The molecular formula is C7H11IO3. The number of halogens is 1. The van der Waals surface area contributed by atoms with Crippen molar-refractivity contribution >= 4 is 32.4 Å². The van der Waals surface area contributed by atoms with Crippen molar-refractivity contribution in [1.82, 2.24) is 0 Å². The Bertz CT molecular complexity index is 169. The minimum atomic E-state index is -0.497. The Morgan fingerprint density at radius 3 is 2.09 bits per heavy atom. The molecule has 0 aliphatic carbocycles. The highest BCUT2D eigenvalue weighted by Crippen LogP contribution is 2.09. The first-order chi connectivity index (χ1) is 4.81. The minimum absolute atomic E-state index is 0.141. The van der Waals surface area contributed by atoms with Crippen molar-refractivity contribution in [2.75, 3.05) is 0 Å². The van der Waals surface area contributed by atoms with Gasteiger partial charge in [-0.15, -0.1) is 0 Å². The van der Waals surface area contributed by atoms with E-state index in [0.29, 0.717) is 0 Å². The Balaban J connectivity index is 3.80. The molecule has 0 bridgehead atoms. The first-order valence-corrected chi connectivity index (χ1v) is 4.29. The van der Waals surface area contributed by atoms with Gasteiger partial charge in [-0.05, 0) is 20.8 Å². The topological polar surface area (TPSA) is 43.4 Å². The molecule has 0 radical (unpaired) electrons. The molecule has 0 aliphatic rings. The smallest absolute Gasteiger partial charge is 0.314 e. The van der Waals surface area contributed by atoms with Crippen LogP contribution in [0.4, 0.5) is 0 Å². The molecule has 0 rings (SSSR count). The third kappa shape index (κ3) is 7.77. The summed E-state index contributed by atoms with van der Waals surface area (Å²) in [5.41, 5.74) is -0.497. The van der Waals surface area contributed by atoms with Crippen molar-refractivity contribution in [3.63, 3.8) is 0 Å². The zero-order valence-electron chi connectivity index (χ0n) is 6.81. The van der Waals surface area contributed by atoms with Crippen molar-refractivity contribution in [3.05, 3.63) is 0 Å². The van der Waals surface area contributed by atoms with E-state index in [1.54, 1.807) is 43.4 Å². The number of ether oxygens (including phenoxy) is 1. The van der Waals surface area contributed by atoms with E-state index < -0.39 is 11.6 Å². The number of hydrogen-bond donors (Lipinski definition) is 0. The van der Waals surface area contributed by atoms with Crippen molar-refractivity contribution in [3.8, 4) is 0 Å². The first-order valence-electron chi connectivity index (χ1n) is 3.21. The molecule has 11 heavy (non-hydrogen) atoms. The molecule has 0 unspecified atom stereocenters. The van der Waals surface area contributed by atoms with Gasteiger partial charge in [-0.2, -0.15) is 0 Å². The van der Waals surface area contributed by atoms with Crippen LogP contribution in [0.2, 0.25) is 0 Å². The lowest BCUT2D eigenvalue weighted by atomic mass is 10.2. The van der Waals surface area contributed by atoms with Gasteiger partial charge >= 0.3 is 5.97 Å².